The number of nitrogens with two attached hydrogens (primary N) is 1. The molecular weight excluding hydrogens is 273 g/mol. The first-order valence-corrected chi connectivity index (χ1v) is 5.30. The fourth-order valence-electron chi connectivity index (χ4n) is 1.63. The molecule has 0 fully saturated rings. The normalized spacial score (nSPS) is 11.1. The number of amides is 1. The summed E-state index contributed by atoms with van der Waals surface area (Å²) in [6.07, 6.45) is -4.65. The SMILES string of the molecule is N#Cc1ccc(-c2cc(C(N)=O)[nH]n2)cc1C(F)(F)F. The van der Waals surface area contributed by atoms with Crippen LogP contribution in [0.1, 0.15) is 21.6 Å². The summed E-state index contributed by atoms with van der Waals surface area (Å²) in [7, 11) is 0. The minimum atomic E-state index is -4.65. The zero-order valence-electron chi connectivity index (χ0n) is 9.82. The average molecular weight is 280 g/mol. The van der Waals surface area contributed by atoms with Crippen LogP contribution in [-0.4, -0.2) is 16.1 Å². The lowest BCUT2D eigenvalue weighted by atomic mass is 10.0. The van der Waals surface area contributed by atoms with E-state index in [4.69, 9.17) is 11.0 Å². The van der Waals surface area contributed by atoms with E-state index >= 15 is 0 Å². The Balaban J connectivity index is 2.53. The predicted octanol–water partition coefficient (Wildman–Crippen LogP) is 2.07. The summed E-state index contributed by atoms with van der Waals surface area (Å²) in [6, 6.07) is 5.89. The number of aromatic nitrogens is 2. The highest BCUT2D eigenvalue weighted by Gasteiger charge is 2.34. The third-order valence-corrected chi connectivity index (χ3v) is 2.58. The van der Waals surface area contributed by atoms with Crippen LogP contribution in [0.2, 0.25) is 0 Å². The van der Waals surface area contributed by atoms with Crippen LogP contribution in [-0.2, 0) is 6.18 Å². The number of rotatable bonds is 2. The second kappa shape index (κ2) is 4.70. The van der Waals surface area contributed by atoms with Crippen molar-refractivity contribution < 1.29 is 18.0 Å². The number of carbonyl (C=O) groups is 1. The number of H-pyrrole nitrogens is 1. The van der Waals surface area contributed by atoms with E-state index < -0.39 is 23.2 Å². The maximum Gasteiger partial charge on any atom is 0.417 e. The second-order valence-electron chi connectivity index (χ2n) is 3.90. The summed E-state index contributed by atoms with van der Waals surface area (Å²) >= 11 is 0. The maximum atomic E-state index is 12.8. The van der Waals surface area contributed by atoms with E-state index in [1.165, 1.54) is 18.2 Å². The molecule has 0 aliphatic heterocycles. The largest absolute Gasteiger partial charge is 0.417 e. The molecule has 1 aromatic heterocycles. The maximum absolute atomic E-state index is 12.8. The first-order valence-electron chi connectivity index (χ1n) is 5.30. The fraction of sp³-hybridized carbons (Fsp3) is 0.0833. The molecule has 0 unspecified atom stereocenters. The highest BCUT2D eigenvalue weighted by Crippen LogP contribution is 2.34. The molecule has 0 aliphatic carbocycles. The van der Waals surface area contributed by atoms with Gasteiger partial charge in [-0.15, -0.1) is 0 Å². The highest BCUT2D eigenvalue weighted by atomic mass is 19.4. The van der Waals surface area contributed by atoms with Crippen LogP contribution in [0.3, 0.4) is 0 Å². The second-order valence-corrected chi connectivity index (χ2v) is 3.90. The summed E-state index contributed by atoms with van der Waals surface area (Å²) in [5.41, 5.74) is 3.72. The molecule has 0 spiro atoms. The third-order valence-electron chi connectivity index (χ3n) is 2.58. The molecule has 1 amide bonds. The monoisotopic (exact) mass is 280 g/mol. The molecule has 0 aliphatic rings. The predicted molar refractivity (Wildman–Crippen MR) is 62.3 cm³/mol. The van der Waals surface area contributed by atoms with Crippen molar-refractivity contribution in [1.29, 1.82) is 5.26 Å². The summed E-state index contributed by atoms with van der Waals surface area (Å²) in [6.45, 7) is 0. The molecule has 2 rings (SSSR count). The molecule has 0 saturated heterocycles. The Morgan fingerprint density at radius 1 is 1.35 bits per heavy atom. The van der Waals surface area contributed by atoms with E-state index in [2.05, 4.69) is 10.2 Å². The smallest absolute Gasteiger partial charge is 0.364 e. The van der Waals surface area contributed by atoms with Crippen LogP contribution < -0.4 is 5.73 Å². The molecule has 2 aromatic rings. The number of nitrogens with zero attached hydrogens (tertiary/aromatic N) is 2. The van der Waals surface area contributed by atoms with Crippen molar-refractivity contribution in [3.05, 3.63) is 41.1 Å². The molecular formula is C12H7F3N4O. The van der Waals surface area contributed by atoms with E-state index in [-0.39, 0.29) is 17.0 Å². The molecule has 1 heterocycles. The minimum Gasteiger partial charge on any atom is -0.364 e. The Labute approximate surface area is 110 Å². The lowest BCUT2D eigenvalue weighted by molar-refractivity contribution is -0.137. The van der Waals surface area contributed by atoms with Gasteiger partial charge in [0.15, 0.2) is 0 Å². The Bertz CT molecular complexity index is 712. The van der Waals surface area contributed by atoms with Gasteiger partial charge in [0.05, 0.1) is 22.9 Å². The third kappa shape index (κ3) is 2.47. The number of primary amides is 1. The van der Waals surface area contributed by atoms with E-state index in [0.29, 0.717) is 0 Å². The van der Waals surface area contributed by atoms with Crippen molar-refractivity contribution in [2.45, 2.75) is 6.18 Å². The van der Waals surface area contributed by atoms with E-state index in [9.17, 15) is 18.0 Å². The molecule has 0 bridgehead atoms. The standard InChI is InChI=1S/C12H7F3N4O/c13-12(14,15)8-3-6(1-2-7(8)5-16)9-4-10(11(17)20)19-18-9/h1-4H,(H2,17,20)(H,18,19). The number of nitrogens with one attached hydrogen (secondary N) is 1. The Kier molecular flexibility index (Phi) is 3.19. The summed E-state index contributed by atoms with van der Waals surface area (Å²) < 4.78 is 38.4. The van der Waals surface area contributed by atoms with Crippen LogP contribution >= 0.6 is 0 Å². The van der Waals surface area contributed by atoms with Crippen LogP contribution in [0.4, 0.5) is 13.2 Å². The van der Waals surface area contributed by atoms with Crippen molar-refractivity contribution in [1.82, 2.24) is 10.2 Å². The zero-order valence-corrected chi connectivity index (χ0v) is 9.82. The van der Waals surface area contributed by atoms with E-state index in [1.54, 1.807) is 0 Å². The van der Waals surface area contributed by atoms with Gasteiger partial charge >= 0.3 is 6.18 Å². The summed E-state index contributed by atoms with van der Waals surface area (Å²) in [5.74, 6) is -0.770. The number of benzene rings is 1. The number of carbonyl (C=O) groups excluding carboxylic acids is 1. The summed E-state index contributed by atoms with van der Waals surface area (Å²) in [5, 5.41) is 14.7. The van der Waals surface area contributed by atoms with Crippen LogP contribution in [0, 0.1) is 11.3 Å². The molecule has 102 valence electrons. The Hall–Kier alpha value is -2.82. The first-order chi connectivity index (χ1) is 9.32. The molecule has 0 saturated carbocycles. The number of nitriles is 1. The zero-order chi connectivity index (χ0) is 14.9. The van der Waals surface area contributed by atoms with Crippen molar-refractivity contribution in [2.24, 2.45) is 5.73 Å². The van der Waals surface area contributed by atoms with Gasteiger partial charge in [-0.3, -0.25) is 9.89 Å². The molecule has 1 aromatic carbocycles. The van der Waals surface area contributed by atoms with Crippen molar-refractivity contribution in [3.63, 3.8) is 0 Å². The van der Waals surface area contributed by atoms with Crippen molar-refractivity contribution in [2.75, 3.05) is 0 Å². The van der Waals surface area contributed by atoms with Crippen molar-refractivity contribution >= 4 is 5.91 Å². The number of halogens is 3. The van der Waals surface area contributed by atoms with Gasteiger partial charge in [-0.2, -0.15) is 23.5 Å². The molecule has 0 atom stereocenters. The quantitative estimate of drug-likeness (QED) is 0.881. The number of hydrogen-bond acceptors (Lipinski definition) is 3. The van der Waals surface area contributed by atoms with Crippen LogP contribution in [0.25, 0.3) is 11.3 Å². The molecule has 0 radical (unpaired) electrons. The van der Waals surface area contributed by atoms with Gasteiger partial charge in [0.25, 0.3) is 5.91 Å². The Morgan fingerprint density at radius 2 is 2.05 bits per heavy atom. The number of aromatic amines is 1. The lowest BCUT2D eigenvalue weighted by Crippen LogP contribution is -2.10. The molecule has 5 nitrogen and oxygen atoms in total. The van der Waals surface area contributed by atoms with Gasteiger partial charge < -0.3 is 5.73 Å². The topological polar surface area (TPSA) is 95.6 Å². The molecule has 20 heavy (non-hydrogen) atoms. The number of hydrogen-bond donors (Lipinski definition) is 2. The van der Waals surface area contributed by atoms with Gasteiger partial charge in [-0.25, -0.2) is 0 Å². The van der Waals surface area contributed by atoms with Gasteiger partial charge in [-0.1, -0.05) is 6.07 Å². The molecule has 8 heteroatoms. The average Bonchev–Trinajstić information content (AvgIpc) is 2.86. The first kappa shape index (κ1) is 13.6. The number of alkyl halides is 3. The fourth-order valence-corrected chi connectivity index (χ4v) is 1.63. The minimum absolute atomic E-state index is 0.0158. The molecule has 3 N–H and O–H groups in total. The Morgan fingerprint density at radius 3 is 2.55 bits per heavy atom. The van der Waals surface area contributed by atoms with Gasteiger partial charge in [-0.05, 0) is 18.2 Å². The summed E-state index contributed by atoms with van der Waals surface area (Å²) in [4.78, 5) is 10.9. The van der Waals surface area contributed by atoms with Crippen LogP contribution in [0.15, 0.2) is 24.3 Å². The van der Waals surface area contributed by atoms with E-state index in [0.717, 1.165) is 12.1 Å². The van der Waals surface area contributed by atoms with Gasteiger partial charge in [0.2, 0.25) is 0 Å². The van der Waals surface area contributed by atoms with Crippen LogP contribution in [0.5, 0.6) is 0 Å². The lowest BCUT2D eigenvalue weighted by Gasteiger charge is -2.09. The highest BCUT2D eigenvalue weighted by molar-refractivity contribution is 5.91. The van der Waals surface area contributed by atoms with Gasteiger partial charge in [0, 0.05) is 5.56 Å². The van der Waals surface area contributed by atoms with E-state index in [1.807, 2.05) is 0 Å². The van der Waals surface area contributed by atoms with Gasteiger partial charge in [0.1, 0.15) is 5.69 Å². The van der Waals surface area contributed by atoms with Crippen molar-refractivity contribution in [3.8, 4) is 17.3 Å².